The fraction of sp³-hybridized carbons (Fsp3) is 0.389. The highest BCUT2D eigenvalue weighted by molar-refractivity contribution is 5.50. The number of morpholine rings is 1. The number of anilines is 1. The molecule has 4 rings (SSSR count). The molecule has 22 heavy (non-hydrogen) atoms. The lowest BCUT2D eigenvalue weighted by Crippen LogP contribution is -2.39. The summed E-state index contributed by atoms with van der Waals surface area (Å²) in [6.07, 6.45) is 3.48. The first-order valence-corrected chi connectivity index (χ1v) is 7.91. The molecular weight excluding hydrogens is 276 g/mol. The quantitative estimate of drug-likeness (QED) is 0.868. The molecule has 1 aromatic heterocycles. The third kappa shape index (κ3) is 2.33. The highest BCUT2D eigenvalue weighted by Gasteiger charge is 2.46. The maximum absolute atomic E-state index is 6.17. The molecule has 0 spiro atoms. The van der Waals surface area contributed by atoms with Gasteiger partial charge in [-0.25, -0.2) is 4.98 Å². The Hall–Kier alpha value is -2.07. The Balaban J connectivity index is 1.56. The summed E-state index contributed by atoms with van der Waals surface area (Å²) in [6, 6.07) is 14.9. The molecule has 4 nitrogen and oxygen atoms in total. The molecule has 0 N–H and O–H groups in total. The molecule has 2 fully saturated rings. The lowest BCUT2D eigenvalue weighted by molar-refractivity contribution is 0.0261. The number of nitrogens with zero attached hydrogens (tertiary/aromatic N) is 2. The van der Waals surface area contributed by atoms with E-state index < -0.39 is 0 Å². The van der Waals surface area contributed by atoms with E-state index >= 15 is 0 Å². The van der Waals surface area contributed by atoms with Gasteiger partial charge in [-0.3, -0.25) is 0 Å². The van der Waals surface area contributed by atoms with Crippen LogP contribution in [0.5, 0.6) is 5.88 Å². The van der Waals surface area contributed by atoms with Crippen molar-refractivity contribution in [3.05, 3.63) is 54.2 Å². The Morgan fingerprint density at radius 3 is 2.77 bits per heavy atom. The van der Waals surface area contributed by atoms with E-state index in [1.165, 1.54) is 5.56 Å². The van der Waals surface area contributed by atoms with Crippen LogP contribution in [-0.2, 0) is 4.74 Å². The average Bonchev–Trinajstić information content (AvgIpc) is 3.17. The Morgan fingerprint density at radius 2 is 2.09 bits per heavy atom. The zero-order valence-electron chi connectivity index (χ0n) is 12.7. The number of rotatable bonds is 4. The van der Waals surface area contributed by atoms with Crippen LogP contribution in [0.2, 0.25) is 0 Å². The Labute approximate surface area is 130 Å². The predicted octanol–water partition coefficient (Wildman–Crippen LogP) is 3.20. The molecule has 0 radical (unpaired) electrons. The third-order valence-electron chi connectivity index (χ3n) is 4.47. The molecule has 2 aromatic rings. The molecule has 114 valence electrons. The molecule has 0 aliphatic carbocycles. The van der Waals surface area contributed by atoms with E-state index in [0.717, 1.165) is 18.7 Å². The van der Waals surface area contributed by atoms with Crippen LogP contribution < -0.4 is 9.64 Å². The second-order valence-corrected chi connectivity index (χ2v) is 5.83. The van der Waals surface area contributed by atoms with E-state index in [4.69, 9.17) is 9.47 Å². The van der Waals surface area contributed by atoms with Gasteiger partial charge in [-0.15, -0.1) is 0 Å². The SMILES string of the molecule is CCOc1ccc(N2C[C@H]3C[C@@H]2[C@H](c2ccccc2)O3)cn1. The maximum atomic E-state index is 6.17. The number of fused-ring (bicyclic) bond motifs is 2. The zero-order chi connectivity index (χ0) is 14.9. The Kier molecular flexibility index (Phi) is 3.47. The van der Waals surface area contributed by atoms with E-state index in [2.05, 4.69) is 40.2 Å². The number of ether oxygens (including phenoxy) is 2. The second kappa shape index (κ2) is 5.61. The monoisotopic (exact) mass is 296 g/mol. The number of aromatic nitrogens is 1. The fourth-order valence-electron chi connectivity index (χ4n) is 3.53. The van der Waals surface area contributed by atoms with E-state index in [1.807, 2.05) is 25.3 Å². The highest BCUT2D eigenvalue weighted by atomic mass is 16.5. The van der Waals surface area contributed by atoms with Crippen molar-refractivity contribution in [2.75, 3.05) is 18.1 Å². The second-order valence-electron chi connectivity index (χ2n) is 5.83. The number of pyridine rings is 1. The standard InChI is InChI=1S/C18H20N2O2/c1-2-21-17-9-8-14(11-19-17)20-12-15-10-16(20)18(22-15)13-6-4-3-5-7-13/h3-9,11,15-16,18H,2,10,12H2,1H3/t15-,16-,18+/m1/s1. The van der Waals surface area contributed by atoms with E-state index in [0.29, 0.717) is 24.6 Å². The molecule has 2 aliphatic heterocycles. The van der Waals surface area contributed by atoms with Gasteiger partial charge in [0.15, 0.2) is 0 Å². The van der Waals surface area contributed by atoms with Crippen LogP contribution in [0.1, 0.15) is 25.0 Å². The van der Waals surface area contributed by atoms with Gasteiger partial charge in [0.05, 0.1) is 30.6 Å². The zero-order valence-corrected chi connectivity index (χ0v) is 12.7. The first-order chi connectivity index (χ1) is 10.8. The van der Waals surface area contributed by atoms with Crippen LogP contribution in [-0.4, -0.2) is 30.3 Å². The summed E-state index contributed by atoms with van der Waals surface area (Å²) in [7, 11) is 0. The topological polar surface area (TPSA) is 34.6 Å². The first-order valence-electron chi connectivity index (χ1n) is 7.91. The van der Waals surface area contributed by atoms with Crippen molar-refractivity contribution >= 4 is 5.69 Å². The molecule has 1 aromatic carbocycles. The van der Waals surface area contributed by atoms with Gasteiger partial charge in [-0.1, -0.05) is 30.3 Å². The molecule has 3 atom stereocenters. The van der Waals surface area contributed by atoms with E-state index in [-0.39, 0.29) is 6.10 Å². The normalized spacial score (nSPS) is 26.4. The maximum Gasteiger partial charge on any atom is 0.213 e. The van der Waals surface area contributed by atoms with Crippen molar-refractivity contribution < 1.29 is 9.47 Å². The van der Waals surface area contributed by atoms with Gasteiger partial charge in [0, 0.05) is 12.6 Å². The summed E-state index contributed by atoms with van der Waals surface area (Å²) in [6.45, 7) is 3.56. The smallest absolute Gasteiger partial charge is 0.213 e. The van der Waals surface area contributed by atoms with Gasteiger partial charge in [0.1, 0.15) is 6.10 Å². The molecule has 4 heteroatoms. The Bertz CT molecular complexity index is 629. The lowest BCUT2D eigenvalue weighted by Gasteiger charge is -2.34. The summed E-state index contributed by atoms with van der Waals surface area (Å²) in [4.78, 5) is 6.81. The minimum Gasteiger partial charge on any atom is -0.478 e. The van der Waals surface area contributed by atoms with Gasteiger partial charge < -0.3 is 14.4 Å². The van der Waals surface area contributed by atoms with Crippen molar-refractivity contribution in [3.63, 3.8) is 0 Å². The van der Waals surface area contributed by atoms with Crippen LogP contribution in [0, 0.1) is 0 Å². The summed E-state index contributed by atoms with van der Waals surface area (Å²) in [5.41, 5.74) is 2.42. The number of hydrogen-bond acceptors (Lipinski definition) is 4. The van der Waals surface area contributed by atoms with Gasteiger partial charge in [-0.2, -0.15) is 0 Å². The molecule has 0 saturated carbocycles. The predicted molar refractivity (Wildman–Crippen MR) is 85.2 cm³/mol. The summed E-state index contributed by atoms with van der Waals surface area (Å²) in [5.74, 6) is 0.687. The van der Waals surface area contributed by atoms with Crippen LogP contribution in [0.3, 0.4) is 0 Å². The van der Waals surface area contributed by atoms with Crippen LogP contribution >= 0.6 is 0 Å². The third-order valence-corrected chi connectivity index (χ3v) is 4.47. The van der Waals surface area contributed by atoms with Crippen molar-refractivity contribution in [2.45, 2.75) is 31.6 Å². The van der Waals surface area contributed by atoms with E-state index in [9.17, 15) is 0 Å². The minimum atomic E-state index is 0.159. The van der Waals surface area contributed by atoms with Gasteiger partial charge in [0.25, 0.3) is 0 Å². The van der Waals surface area contributed by atoms with E-state index in [1.54, 1.807) is 0 Å². The number of benzene rings is 1. The van der Waals surface area contributed by atoms with Gasteiger partial charge in [0.2, 0.25) is 5.88 Å². The molecular formula is C18H20N2O2. The largest absolute Gasteiger partial charge is 0.478 e. The fourth-order valence-corrected chi connectivity index (χ4v) is 3.53. The highest BCUT2D eigenvalue weighted by Crippen LogP contribution is 2.43. The summed E-state index contributed by atoms with van der Waals surface area (Å²) < 4.78 is 11.6. The van der Waals surface area contributed by atoms with Gasteiger partial charge in [-0.05, 0) is 25.0 Å². The average molecular weight is 296 g/mol. The molecule has 2 bridgehead atoms. The molecule has 0 amide bonds. The van der Waals surface area contributed by atoms with Crippen LogP contribution in [0.4, 0.5) is 5.69 Å². The molecule has 2 saturated heterocycles. The Morgan fingerprint density at radius 1 is 1.23 bits per heavy atom. The minimum absolute atomic E-state index is 0.159. The van der Waals surface area contributed by atoms with Crippen LogP contribution in [0.15, 0.2) is 48.7 Å². The summed E-state index contributed by atoms with van der Waals surface area (Å²) >= 11 is 0. The van der Waals surface area contributed by atoms with Crippen molar-refractivity contribution in [1.82, 2.24) is 4.98 Å². The van der Waals surface area contributed by atoms with Crippen molar-refractivity contribution in [3.8, 4) is 5.88 Å². The summed E-state index contributed by atoms with van der Waals surface area (Å²) in [5, 5.41) is 0. The first kappa shape index (κ1) is 13.6. The van der Waals surface area contributed by atoms with Gasteiger partial charge >= 0.3 is 0 Å². The lowest BCUT2D eigenvalue weighted by atomic mass is 10.0. The molecule has 0 unspecified atom stereocenters. The molecule has 2 aliphatic rings. The molecule has 3 heterocycles. The van der Waals surface area contributed by atoms with Crippen molar-refractivity contribution in [1.29, 1.82) is 0 Å². The van der Waals surface area contributed by atoms with Crippen LogP contribution in [0.25, 0.3) is 0 Å². The number of hydrogen-bond donors (Lipinski definition) is 0. The van der Waals surface area contributed by atoms with Crippen molar-refractivity contribution in [2.24, 2.45) is 0 Å².